The summed E-state index contributed by atoms with van der Waals surface area (Å²) in [5, 5.41) is 5.95. The molecule has 0 fully saturated rings. The second-order valence-electron chi connectivity index (χ2n) is 6.52. The van der Waals surface area contributed by atoms with Gasteiger partial charge in [0.15, 0.2) is 0 Å². The Morgan fingerprint density at radius 2 is 1.79 bits per heavy atom. The Balaban J connectivity index is 1.58. The van der Waals surface area contributed by atoms with Crippen LogP contribution < -0.4 is 15.5 Å². The van der Waals surface area contributed by atoms with Crippen molar-refractivity contribution in [1.82, 2.24) is 5.32 Å². The minimum absolute atomic E-state index is 0.148. The average Bonchev–Trinajstić information content (AvgIpc) is 2.61. The van der Waals surface area contributed by atoms with Gasteiger partial charge in [0.1, 0.15) is 0 Å². The third-order valence-corrected chi connectivity index (χ3v) is 4.55. The van der Waals surface area contributed by atoms with Gasteiger partial charge in [0.05, 0.1) is 0 Å². The first-order valence-electron chi connectivity index (χ1n) is 8.55. The van der Waals surface area contributed by atoms with E-state index in [1.54, 1.807) is 0 Å². The number of fused-ring (bicyclic) bond motifs is 1. The zero-order chi connectivity index (χ0) is 16.9. The lowest BCUT2D eigenvalue weighted by Gasteiger charge is -2.19. The molecule has 3 rings (SSSR count). The van der Waals surface area contributed by atoms with Gasteiger partial charge in [-0.05, 0) is 60.6 Å². The van der Waals surface area contributed by atoms with Gasteiger partial charge in [0.2, 0.25) is 0 Å². The lowest BCUT2D eigenvalue weighted by molar-refractivity contribution is 0.251. The summed E-state index contributed by atoms with van der Waals surface area (Å²) in [6.07, 6.45) is 4.61. The van der Waals surface area contributed by atoms with Gasteiger partial charge >= 0.3 is 6.03 Å². The molecule has 1 aliphatic carbocycles. The van der Waals surface area contributed by atoms with Crippen LogP contribution in [0.3, 0.4) is 0 Å². The Labute approximate surface area is 143 Å². The highest BCUT2D eigenvalue weighted by Gasteiger charge is 2.14. The number of rotatable bonds is 4. The van der Waals surface area contributed by atoms with Crippen LogP contribution in [0, 0.1) is 0 Å². The molecule has 0 bridgehead atoms. The first-order valence-corrected chi connectivity index (χ1v) is 8.55. The fourth-order valence-electron chi connectivity index (χ4n) is 3.16. The van der Waals surface area contributed by atoms with Gasteiger partial charge in [-0.1, -0.05) is 24.3 Å². The Kier molecular flexibility index (Phi) is 5.04. The van der Waals surface area contributed by atoms with Gasteiger partial charge in [-0.25, -0.2) is 4.79 Å². The molecule has 0 spiro atoms. The summed E-state index contributed by atoms with van der Waals surface area (Å²) >= 11 is 0. The van der Waals surface area contributed by atoms with Crippen molar-refractivity contribution in [2.24, 2.45) is 0 Å². The van der Waals surface area contributed by atoms with Crippen LogP contribution in [0.4, 0.5) is 16.2 Å². The molecule has 0 saturated carbocycles. The third-order valence-electron chi connectivity index (χ3n) is 4.55. The number of nitrogens with zero attached hydrogens (tertiary/aromatic N) is 1. The van der Waals surface area contributed by atoms with Gasteiger partial charge in [-0.15, -0.1) is 0 Å². The number of carbonyl (C=O) groups excluding carboxylic acids is 1. The largest absolute Gasteiger partial charge is 0.378 e. The summed E-state index contributed by atoms with van der Waals surface area (Å²) in [5.41, 5.74) is 5.87. The Morgan fingerprint density at radius 1 is 1.04 bits per heavy atom. The van der Waals surface area contributed by atoms with Gasteiger partial charge in [0, 0.05) is 32.0 Å². The standard InChI is InChI=1S/C20H25N3O/c1-23(2)17-12-10-15(11-13-17)14-21-20(24)22-19-9-5-7-16-6-3-4-8-18(16)19/h5,7,9-13H,3-4,6,8,14H2,1-2H3,(H2,21,22,24). The predicted octanol–water partition coefficient (Wildman–Crippen LogP) is 3.95. The number of hydrogen-bond donors (Lipinski definition) is 2. The highest BCUT2D eigenvalue weighted by atomic mass is 16.2. The molecule has 0 aliphatic heterocycles. The molecular weight excluding hydrogens is 298 g/mol. The van der Waals surface area contributed by atoms with Crippen molar-refractivity contribution >= 4 is 17.4 Å². The number of urea groups is 1. The molecule has 24 heavy (non-hydrogen) atoms. The van der Waals surface area contributed by atoms with E-state index >= 15 is 0 Å². The molecule has 0 heterocycles. The van der Waals surface area contributed by atoms with Gasteiger partial charge in [0.25, 0.3) is 0 Å². The summed E-state index contributed by atoms with van der Waals surface area (Å²) in [5.74, 6) is 0. The third kappa shape index (κ3) is 3.88. The molecule has 0 atom stereocenters. The number of hydrogen-bond acceptors (Lipinski definition) is 2. The molecule has 0 radical (unpaired) electrons. The highest BCUT2D eigenvalue weighted by molar-refractivity contribution is 5.90. The molecule has 2 aromatic carbocycles. The maximum Gasteiger partial charge on any atom is 0.319 e. The fourth-order valence-corrected chi connectivity index (χ4v) is 3.16. The second kappa shape index (κ2) is 7.39. The number of amides is 2. The van der Waals surface area contributed by atoms with E-state index in [1.165, 1.54) is 24.0 Å². The van der Waals surface area contributed by atoms with Crippen molar-refractivity contribution in [3.05, 3.63) is 59.2 Å². The van der Waals surface area contributed by atoms with Crippen LogP contribution in [-0.4, -0.2) is 20.1 Å². The van der Waals surface area contributed by atoms with Crippen LogP contribution in [0.15, 0.2) is 42.5 Å². The van der Waals surface area contributed by atoms with Crippen LogP contribution in [0.2, 0.25) is 0 Å². The van der Waals surface area contributed by atoms with Crippen molar-refractivity contribution in [2.45, 2.75) is 32.2 Å². The van der Waals surface area contributed by atoms with E-state index in [0.29, 0.717) is 6.54 Å². The first kappa shape index (κ1) is 16.4. The molecule has 1 aliphatic rings. The summed E-state index contributed by atoms with van der Waals surface area (Å²) < 4.78 is 0. The van der Waals surface area contributed by atoms with Crippen molar-refractivity contribution in [3.8, 4) is 0 Å². The van der Waals surface area contributed by atoms with Crippen molar-refractivity contribution in [2.75, 3.05) is 24.3 Å². The molecule has 4 nitrogen and oxygen atoms in total. The normalized spacial score (nSPS) is 13.1. The fraction of sp³-hybridized carbons (Fsp3) is 0.350. The minimum Gasteiger partial charge on any atom is -0.378 e. The molecule has 2 N–H and O–H groups in total. The van der Waals surface area contributed by atoms with Gasteiger partial charge < -0.3 is 15.5 Å². The van der Waals surface area contributed by atoms with Crippen molar-refractivity contribution < 1.29 is 4.79 Å². The lowest BCUT2D eigenvalue weighted by Crippen LogP contribution is -2.29. The Bertz CT molecular complexity index is 707. The smallest absolute Gasteiger partial charge is 0.319 e. The van der Waals surface area contributed by atoms with E-state index < -0.39 is 0 Å². The van der Waals surface area contributed by atoms with Crippen LogP contribution in [0.5, 0.6) is 0 Å². The zero-order valence-corrected chi connectivity index (χ0v) is 14.4. The topological polar surface area (TPSA) is 44.4 Å². The number of aryl methyl sites for hydroxylation is 1. The van der Waals surface area contributed by atoms with Crippen molar-refractivity contribution in [1.29, 1.82) is 0 Å². The summed E-state index contributed by atoms with van der Waals surface area (Å²) in [6, 6.07) is 14.2. The Morgan fingerprint density at radius 3 is 2.54 bits per heavy atom. The number of anilines is 2. The molecule has 2 amide bonds. The number of carbonyl (C=O) groups is 1. The van der Waals surface area contributed by atoms with Gasteiger partial charge in [-0.3, -0.25) is 0 Å². The van der Waals surface area contributed by atoms with E-state index in [0.717, 1.165) is 29.8 Å². The summed E-state index contributed by atoms with van der Waals surface area (Å²) in [4.78, 5) is 14.3. The average molecular weight is 323 g/mol. The minimum atomic E-state index is -0.148. The summed E-state index contributed by atoms with van der Waals surface area (Å²) in [7, 11) is 4.03. The van der Waals surface area contributed by atoms with E-state index in [-0.39, 0.29) is 6.03 Å². The van der Waals surface area contributed by atoms with Crippen LogP contribution >= 0.6 is 0 Å². The first-order chi connectivity index (χ1) is 11.6. The number of nitrogens with one attached hydrogen (secondary N) is 2. The second-order valence-corrected chi connectivity index (χ2v) is 6.52. The maximum absolute atomic E-state index is 12.2. The molecular formula is C20H25N3O. The number of benzene rings is 2. The SMILES string of the molecule is CN(C)c1ccc(CNC(=O)Nc2cccc3c2CCCC3)cc1. The van der Waals surface area contributed by atoms with Crippen LogP contribution in [0.25, 0.3) is 0 Å². The zero-order valence-electron chi connectivity index (χ0n) is 14.4. The molecule has 0 unspecified atom stereocenters. The van der Waals surface area contributed by atoms with Crippen LogP contribution in [-0.2, 0) is 19.4 Å². The summed E-state index contributed by atoms with van der Waals surface area (Å²) in [6.45, 7) is 0.522. The maximum atomic E-state index is 12.2. The monoisotopic (exact) mass is 323 g/mol. The van der Waals surface area contributed by atoms with E-state index in [4.69, 9.17) is 0 Å². The predicted molar refractivity (Wildman–Crippen MR) is 99.7 cm³/mol. The quantitative estimate of drug-likeness (QED) is 0.895. The van der Waals surface area contributed by atoms with E-state index in [9.17, 15) is 4.79 Å². The highest BCUT2D eigenvalue weighted by Crippen LogP contribution is 2.27. The molecule has 4 heteroatoms. The molecule has 0 saturated heterocycles. The lowest BCUT2D eigenvalue weighted by atomic mass is 9.90. The van der Waals surface area contributed by atoms with Gasteiger partial charge in [-0.2, -0.15) is 0 Å². The molecule has 0 aromatic heterocycles. The van der Waals surface area contributed by atoms with E-state index in [2.05, 4.69) is 33.7 Å². The van der Waals surface area contributed by atoms with Crippen LogP contribution in [0.1, 0.15) is 29.5 Å². The Hall–Kier alpha value is -2.49. The van der Waals surface area contributed by atoms with E-state index in [1.807, 2.05) is 38.4 Å². The molecule has 126 valence electrons. The van der Waals surface area contributed by atoms with Crippen molar-refractivity contribution in [3.63, 3.8) is 0 Å². The molecule has 2 aromatic rings.